The van der Waals surface area contributed by atoms with E-state index in [1.165, 1.54) is 6.92 Å². The molecule has 0 aliphatic heterocycles. The zero-order chi connectivity index (χ0) is 12.1. The van der Waals surface area contributed by atoms with Crippen molar-refractivity contribution in [3.05, 3.63) is 0 Å². The van der Waals surface area contributed by atoms with Gasteiger partial charge in [0, 0.05) is 6.42 Å². The van der Waals surface area contributed by atoms with E-state index in [2.05, 4.69) is 4.74 Å². The van der Waals surface area contributed by atoms with Crippen LogP contribution in [0.3, 0.4) is 0 Å². The highest BCUT2D eigenvalue weighted by molar-refractivity contribution is 5.71. The number of ether oxygens (including phenoxy) is 2. The minimum absolute atomic E-state index is 0.304. The van der Waals surface area contributed by atoms with Crippen LogP contribution in [0.25, 0.3) is 0 Å². The van der Waals surface area contributed by atoms with E-state index in [1.54, 1.807) is 20.8 Å². The summed E-state index contributed by atoms with van der Waals surface area (Å²) in [5.74, 6) is -3.50. The standard InChI is InChI=1S/C10H18F2O3/c1-5-10(11,12)7-14-6-8(13)15-9(2,3)4/h5-7H2,1-4H3. The molecule has 0 aromatic heterocycles. The predicted molar refractivity (Wildman–Crippen MR) is 51.9 cm³/mol. The summed E-state index contributed by atoms with van der Waals surface area (Å²) in [5.41, 5.74) is -0.617. The van der Waals surface area contributed by atoms with Gasteiger partial charge in [0.2, 0.25) is 0 Å². The molecule has 3 nitrogen and oxygen atoms in total. The lowest BCUT2D eigenvalue weighted by atomic mass is 10.2. The molecule has 5 heteroatoms. The van der Waals surface area contributed by atoms with Gasteiger partial charge in [-0.15, -0.1) is 0 Å². The fraction of sp³-hybridized carbons (Fsp3) is 0.900. The molecule has 0 aliphatic rings. The monoisotopic (exact) mass is 224 g/mol. The molecule has 0 rings (SSSR count). The summed E-state index contributed by atoms with van der Waals surface area (Å²) in [4.78, 5) is 11.0. The molecule has 0 N–H and O–H groups in total. The molecular formula is C10H18F2O3. The van der Waals surface area contributed by atoms with Gasteiger partial charge in [-0.2, -0.15) is 0 Å². The lowest BCUT2D eigenvalue weighted by Crippen LogP contribution is -2.29. The highest BCUT2D eigenvalue weighted by Gasteiger charge is 2.27. The SMILES string of the molecule is CCC(F)(F)COCC(=O)OC(C)(C)C. The van der Waals surface area contributed by atoms with E-state index in [-0.39, 0.29) is 6.42 Å². The van der Waals surface area contributed by atoms with Gasteiger partial charge in [-0.25, -0.2) is 13.6 Å². The summed E-state index contributed by atoms with van der Waals surface area (Å²) in [6.07, 6.45) is -0.304. The topological polar surface area (TPSA) is 35.5 Å². The number of alkyl halides is 2. The van der Waals surface area contributed by atoms with Crippen LogP contribution in [0.2, 0.25) is 0 Å². The molecule has 15 heavy (non-hydrogen) atoms. The zero-order valence-corrected chi connectivity index (χ0v) is 9.60. The van der Waals surface area contributed by atoms with E-state index in [1.807, 2.05) is 0 Å². The third-order valence-electron chi connectivity index (χ3n) is 1.47. The normalized spacial score (nSPS) is 12.7. The third-order valence-corrected chi connectivity index (χ3v) is 1.47. The Morgan fingerprint density at radius 1 is 1.27 bits per heavy atom. The second-order valence-corrected chi connectivity index (χ2v) is 4.29. The van der Waals surface area contributed by atoms with Crippen LogP contribution in [0.15, 0.2) is 0 Å². The minimum atomic E-state index is -2.87. The first-order chi connectivity index (χ1) is 6.66. The van der Waals surface area contributed by atoms with Crippen LogP contribution in [0.1, 0.15) is 34.1 Å². The molecule has 0 heterocycles. The largest absolute Gasteiger partial charge is 0.458 e. The van der Waals surface area contributed by atoms with E-state index in [4.69, 9.17) is 4.74 Å². The van der Waals surface area contributed by atoms with Gasteiger partial charge in [0.1, 0.15) is 18.8 Å². The molecular weight excluding hydrogens is 206 g/mol. The predicted octanol–water partition coefficient (Wildman–Crippen LogP) is 2.39. The van der Waals surface area contributed by atoms with E-state index in [9.17, 15) is 13.6 Å². The van der Waals surface area contributed by atoms with Gasteiger partial charge in [0.15, 0.2) is 0 Å². The lowest BCUT2D eigenvalue weighted by Gasteiger charge is -2.20. The van der Waals surface area contributed by atoms with Crippen molar-refractivity contribution in [3.8, 4) is 0 Å². The molecule has 90 valence electrons. The van der Waals surface area contributed by atoms with E-state index < -0.39 is 30.7 Å². The van der Waals surface area contributed by atoms with Crippen molar-refractivity contribution in [2.24, 2.45) is 0 Å². The smallest absolute Gasteiger partial charge is 0.332 e. The molecule has 0 unspecified atom stereocenters. The van der Waals surface area contributed by atoms with Crippen molar-refractivity contribution in [1.82, 2.24) is 0 Å². The van der Waals surface area contributed by atoms with Gasteiger partial charge in [0.25, 0.3) is 5.92 Å². The van der Waals surface area contributed by atoms with Gasteiger partial charge in [0.05, 0.1) is 0 Å². The second-order valence-electron chi connectivity index (χ2n) is 4.29. The summed E-state index contributed by atoms with van der Waals surface area (Å²) in [6, 6.07) is 0. The van der Waals surface area contributed by atoms with Crippen molar-refractivity contribution in [3.63, 3.8) is 0 Å². The van der Waals surface area contributed by atoms with Crippen LogP contribution in [0, 0.1) is 0 Å². The Kier molecular flexibility index (Phi) is 5.14. The maximum Gasteiger partial charge on any atom is 0.332 e. The quantitative estimate of drug-likeness (QED) is 0.672. The number of carbonyl (C=O) groups is 1. The minimum Gasteiger partial charge on any atom is -0.458 e. The lowest BCUT2D eigenvalue weighted by molar-refractivity contribution is -0.164. The van der Waals surface area contributed by atoms with Crippen molar-refractivity contribution < 1.29 is 23.0 Å². The van der Waals surface area contributed by atoms with Crippen molar-refractivity contribution in [2.75, 3.05) is 13.2 Å². The van der Waals surface area contributed by atoms with Gasteiger partial charge >= 0.3 is 5.97 Å². The van der Waals surface area contributed by atoms with Gasteiger partial charge in [-0.1, -0.05) is 6.92 Å². The first kappa shape index (κ1) is 14.3. The average Bonchev–Trinajstić information content (AvgIpc) is 2.00. The summed E-state index contributed by atoms with van der Waals surface area (Å²) < 4.78 is 34.8. The molecule has 0 fully saturated rings. The molecule has 0 bridgehead atoms. The number of carbonyl (C=O) groups excluding carboxylic acids is 1. The maximum atomic E-state index is 12.7. The Morgan fingerprint density at radius 2 is 1.80 bits per heavy atom. The number of halogens is 2. The van der Waals surface area contributed by atoms with Gasteiger partial charge in [-0.3, -0.25) is 0 Å². The molecule has 0 aromatic carbocycles. The second kappa shape index (κ2) is 5.39. The molecule has 0 saturated carbocycles. The van der Waals surface area contributed by atoms with Crippen LogP contribution in [0.5, 0.6) is 0 Å². The van der Waals surface area contributed by atoms with Crippen molar-refractivity contribution in [1.29, 1.82) is 0 Å². The fourth-order valence-corrected chi connectivity index (χ4v) is 0.757. The van der Waals surface area contributed by atoms with Gasteiger partial charge in [-0.05, 0) is 20.8 Å². The number of hydrogen-bond donors (Lipinski definition) is 0. The van der Waals surface area contributed by atoms with E-state index in [0.717, 1.165) is 0 Å². The molecule has 0 amide bonds. The fourth-order valence-electron chi connectivity index (χ4n) is 0.757. The van der Waals surface area contributed by atoms with Gasteiger partial charge < -0.3 is 9.47 Å². The summed E-state index contributed by atoms with van der Waals surface area (Å²) >= 11 is 0. The Hall–Kier alpha value is -0.710. The zero-order valence-electron chi connectivity index (χ0n) is 9.60. The molecule has 0 spiro atoms. The van der Waals surface area contributed by atoms with Crippen LogP contribution < -0.4 is 0 Å². The Balaban J connectivity index is 3.74. The Bertz CT molecular complexity index is 209. The van der Waals surface area contributed by atoms with Crippen LogP contribution in [-0.4, -0.2) is 30.7 Å². The Morgan fingerprint density at radius 3 is 2.20 bits per heavy atom. The van der Waals surface area contributed by atoms with Crippen LogP contribution >= 0.6 is 0 Å². The van der Waals surface area contributed by atoms with E-state index >= 15 is 0 Å². The number of rotatable bonds is 5. The highest BCUT2D eigenvalue weighted by Crippen LogP contribution is 2.17. The first-order valence-corrected chi connectivity index (χ1v) is 4.84. The summed E-state index contributed by atoms with van der Waals surface area (Å²) in [5, 5.41) is 0. The number of esters is 1. The number of hydrogen-bond acceptors (Lipinski definition) is 3. The highest BCUT2D eigenvalue weighted by atomic mass is 19.3. The van der Waals surface area contributed by atoms with Crippen LogP contribution in [-0.2, 0) is 14.3 Å². The summed E-state index contributed by atoms with van der Waals surface area (Å²) in [7, 11) is 0. The van der Waals surface area contributed by atoms with Crippen LogP contribution in [0.4, 0.5) is 8.78 Å². The maximum absolute atomic E-state index is 12.7. The molecule has 0 saturated heterocycles. The Labute approximate surface area is 88.7 Å². The van der Waals surface area contributed by atoms with E-state index in [0.29, 0.717) is 0 Å². The summed E-state index contributed by atoms with van der Waals surface area (Å²) in [6.45, 7) is 5.27. The molecule has 0 aliphatic carbocycles. The average molecular weight is 224 g/mol. The molecule has 0 aromatic rings. The molecule has 0 radical (unpaired) electrons. The van der Waals surface area contributed by atoms with Crippen molar-refractivity contribution in [2.45, 2.75) is 45.6 Å². The first-order valence-electron chi connectivity index (χ1n) is 4.84. The van der Waals surface area contributed by atoms with Crippen molar-refractivity contribution >= 4 is 5.97 Å². The third kappa shape index (κ3) is 8.30. The molecule has 0 atom stereocenters.